The monoisotopic (exact) mass is 356 g/mol. The summed E-state index contributed by atoms with van der Waals surface area (Å²) >= 11 is 0. The van der Waals surface area contributed by atoms with Crippen LogP contribution in [0.2, 0.25) is 0 Å². The Kier molecular flexibility index (Phi) is 7.28. The molecule has 1 fully saturated rings. The molecule has 1 amide bonds. The first kappa shape index (κ1) is 19.8. The lowest BCUT2D eigenvalue weighted by Gasteiger charge is -2.45. The van der Waals surface area contributed by atoms with Gasteiger partial charge in [-0.2, -0.15) is 0 Å². The van der Waals surface area contributed by atoms with Crippen molar-refractivity contribution in [2.75, 3.05) is 13.1 Å². The Balaban J connectivity index is 2.01. The number of halogens is 2. The highest BCUT2D eigenvalue weighted by Crippen LogP contribution is 2.24. The summed E-state index contributed by atoms with van der Waals surface area (Å²) in [7, 11) is 0. The topological polar surface area (TPSA) is 72.8 Å². The fourth-order valence-corrected chi connectivity index (χ4v) is 3.26. The molecule has 4 atom stereocenters. The van der Waals surface area contributed by atoms with E-state index in [1.807, 2.05) is 30.3 Å². The molecule has 0 radical (unpaired) electrons. The third-order valence-electron chi connectivity index (χ3n) is 4.64. The lowest BCUT2D eigenvalue weighted by molar-refractivity contribution is -0.141. The zero-order valence-electron chi connectivity index (χ0n) is 14.3. The van der Waals surface area contributed by atoms with E-state index in [1.54, 1.807) is 6.92 Å². The third-order valence-corrected chi connectivity index (χ3v) is 4.64. The van der Waals surface area contributed by atoms with Crippen molar-refractivity contribution in [1.29, 1.82) is 0 Å². The maximum absolute atomic E-state index is 13.4. The second kappa shape index (κ2) is 9.22. The Morgan fingerprint density at radius 3 is 2.56 bits per heavy atom. The summed E-state index contributed by atoms with van der Waals surface area (Å²) in [6, 6.07) is 7.53. The standard InChI is InChI=1S/C18H26F2N2O3/c1-2-14(23)21-13-11-22(15(18(19)20)17(25)16(13)24)10-6-9-12-7-4-3-5-8-12/h3-5,7-8,13,15-18,24-25H,2,6,9-11H2,1H3,(H,21,23)/t13-,15-,16+,17+/m0/s1. The molecule has 1 aromatic rings. The number of aliphatic hydroxyl groups excluding tert-OH is 2. The van der Waals surface area contributed by atoms with Crippen molar-refractivity contribution in [3.8, 4) is 0 Å². The number of amides is 1. The van der Waals surface area contributed by atoms with E-state index < -0.39 is 30.7 Å². The lowest BCUT2D eigenvalue weighted by atomic mass is 9.91. The average molecular weight is 356 g/mol. The first-order valence-corrected chi connectivity index (χ1v) is 8.65. The van der Waals surface area contributed by atoms with Gasteiger partial charge < -0.3 is 15.5 Å². The molecular formula is C18H26F2N2O3. The molecule has 7 heteroatoms. The van der Waals surface area contributed by atoms with Crippen LogP contribution in [0.3, 0.4) is 0 Å². The minimum absolute atomic E-state index is 0.0910. The molecule has 0 aliphatic carbocycles. The number of piperidine rings is 1. The molecule has 1 heterocycles. The second-order valence-corrected chi connectivity index (χ2v) is 6.42. The molecule has 0 saturated carbocycles. The number of nitrogens with one attached hydrogen (secondary N) is 1. The SMILES string of the molecule is CCC(=O)N[C@H]1CN(CCCc2ccccc2)[C@H](C(F)F)[C@@H](O)[C@@H]1O. The molecule has 1 aliphatic heterocycles. The molecule has 5 nitrogen and oxygen atoms in total. The van der Waals surface area contributed by atoms with Crippen LogP contribution in [0.25, 0.3) is 0 Å². The van der Waals surface area contributed by atoms with Crippen LogP contribution in [0, 0.1) is 0 Å². The van der Waals surface area contributed by atoms with E-state index in [1.165, 1.54) is 4.90 Å². The van der Waals surface area contributed by atoms with Crippen LogP contribution >= 0.6 is 0 Å². The molecule has 25 heavy (non-hydrogen) atoms. The highest BCUT2D eigenvalue weighted by atomic mass is 19.3. The van der Waals surface area contributed by atoms with Crippen molar-refractivity contribution in [3.05, 3.63) is 35.9 Å². The number of alkyl halides is 2. The van der Waals surface area contributed by atoms with Gasteiger partial charge in [0.2, 0.25) is 5.91 Å². The molecule has 2 rings (SSSR count). The Morgan fingerprint density at radius 2 is 1.96 bits per heavy atom. The molecule has 140 valence electrons. The Hall–Kier alpha value is -1.57. The van der Waals surface area contributed by atoms with Gasteiger partial charge in [0.1, 0.15) is 12.2 Å². The quantitative estimate of drug-likeness (QED) is 0.686. The zero-order chi connectivity index (χ0) is 18.4. The van der Waals surface area contributed by atoms with E-state index in [-0.39, 0.29) is 18.9 Å². The van der Waals surface area contributed by atoms with E-state index in [9.17, 15) is 23.8 Å². The average Bonchev–Trinajstić information content (AvgIpc) is 2.59. The van der Waals surface area contributed by atoms with Crippen molar-refractivity contribution >= 4 is 5.91 Å². The van der Waals surface area contributed by atoms with Gasteiger partial charge in [0.25, 0.3) is 6.43 Å². The predicted octanol–water partition coefficient (Wildman–Crippen LogP) is 1.19. The fraction of sp³-hybridized carbons (Fsp3) is 0.611. The van der Waals surface area contributed by atoms with Gasteiger partial charge in [-0.15, -0.1) is 0 Å². The van der Waals surface area contributed by atoms with Crippen LogP contribution in [0.15, 0.2) is 30.3 Å². The summed E-state index contributed by atoms with van der Waals surface area (Å²) in [5.74, 6) is -0.281. The van der Waals surface area contributed by atoms with Gasteiger partial charge in [-0.25, -0.2) is 8.78 Å². The number of hydrogen-bond acceptors (Lipinski definition) is 4. The Bertz CT molecular complexity index is 544. The number of nitrogens with zero attached hydrogens (tertiary/aromatic N) is 1. The molecular weight excluding hydrogens is 330 g/mol. The van der Waals surface area contributed by atoms with Crippen molar-refractivity contribution in [1.82, 2.24) is 10.2 Å². The summed E-state index contributed by atoms with van der Waals surface area (Å²) in [6.45, 7) is 2.11. The van der Waals surface area contributed by atoms with Gasteiger partial charge in [0.05, 0.1) is 12.1 Å². The minimum atomic E-state index is -2.77. The van der Waals surface area contributed by atoms with Crippen molar-refractivity contribution < 1.29 is 23.8 Å². The summed E-state index contributed by atoms with van der Waals surface area (Å²) in [4.78, 5) is 13.1. The number of rotatable bonds is 7. The van der Waals surface area contributed by atoms with E-state index in [0.717, 1.165) is 12.0 Å². The summed E-state index contributed by atoms with van der Waals surface area (Å²) in [5, 5.41) is 22.8. The van der Waals surface area contributed by atoms with Gasteiger partial charge in [-0.1, -0.05) is 37.3 Å². The third kappa shape index (κ3) is 5.20. The van der Waals surface area contributed by atoms with Crippen LogP contribution in [0.4, 0.5) is 8.78 Å². The summed E-state index contributed by atoms with van der Waals surface area (Å²) in [5.41, 5.74) is 1.12. The lowest BCUT2D eigenvalue weighted by Crippen LogP contribution is -2.67. The normalized spacial score (nSPS) is 27.4. The zero-order valence-corrected chi connectivity index (χ0v) is 14.3. The van der Waals surface area contributed by atoms with Gasteiger partial charge in [0.15, 0.2) is 0 Å². The van der Waals surface area contributed by atoms with Gasteiger partial charge in [-0.05, 0) is 24.9 Å². The first-order valence-electron chi connectivity index (χ1n) is 8.65. The van der Waals surface area contributed by atoms with Crippen LogP contribution in [-0.4, -0.2) is 64.8 Å². The van der Waals surface area contributed by atoms with Gasteiger partial charge in [0, 0.05) is 13.0 Å². The fourth-order valence-electron chi connectivity index (χ4n) is 3.26. The van der Waals surface area contributed by atoms with E-state index in [4.69, 9.17) is 0 Å². The van der Waals surface area contributed by atoms with Crippen molar-refractivity contribution in [2.45, 2.75) is 56.9 Å². The molecule has 0 bridgehead atoms. The molecule has 1 aliphatic rings. The highest BCUT2D eigenvalue weighted by molar-refractivity contribution is 5.76. The van der Waals surface area contributed by atoms with Crippen molar-refractivity contribution in [3.63, 3.8) is 0 Å². The molecule has 0 aromatic heterocycles. The van der Waals surface area contributed by atoms with Crippen molar-refractivity contribution in [2.24, 2.45) is 0 Å². The maximum atomic E-state index is 13.4. The number of hydrogen-bond donors (Lipinski definition) is 3. The number of aryl methyl sites for hydroxylation is 1. The van der Waals surface area contributed by atoms with Crippen LogP contribution in [-0.2, 0) is 11.2 Å². The predicted molar refractivity (Wildman–Crippen MR) is 90.4 cm³/mol. The molecule has 1 aromatic carbocycles. The minimum Gasteiger partial charge on any atom is -0.388 e. The maximum Gasteiger partial charge on any atom is 0.256 e. The van der Waals surface area contributed by atoms with Crippen LogP contribution in [0.1, 0.15) is 25.3 Å². The van der Waals surface area contributed by atoms with E-state index in [2.05, 4.69) is 5.32 Å². The highest BCUT2D eigenvalue weighted by Gasteiger charge is 2.46. The molecule has 1 saturated heterocycles. The molecule has 0 spiro atoms. The Labute approximate surface area is 146 Å². The van der Waals surface area contributed by atoms with Crippen LogP contribution < -0.4 is 5.32 Å². The summed E-state index contributed by atoms with van der Waals surface area (Å²) < 4.78 is 26.8. The number of carbonyl (C=O) groups is 1. The number of likely N-dealkylation sites (tertiary alicyclic amines) is 1. The molecule has 3 N–H and O–H groups in total. The largest absolute Gasteiger partial charge is 0.388 e. The smallest absolute Gasteiger partial charge is 0.256 e. The first-order chi connectivity index (χ1) is 11.9. The summed E-state index contributed by atoms with van der Waals surface area (Å²) in [6.07, 6.45) is -4.18. The number of carbonyl (C=O) groups excluding carboxylic acids is 1. The van der Waals surface area contributed by atoms with E-state index in [0.29, 0.717) is 13.0 Å². The Morgan fingerprint density at radius 1 is 1.28 bits per heavy atom. The number of benzene rings is 1. The van der Waals surface area contributed by atoms with E-state index >= 15 is 0 Å². The number of aliphatic hydroxyl groups is 2. The molecule has 0 unspecified atom stereocenters. The van der Waals surface area contributed by atoms with Crippen LogP contribution in [0.5, 0.6) is 0 Å². The van der Waals surface area contributed by atoms with Gasteiger partial charge >= 0.3 is 0 Å². The second-order valence-electron chi connectivity index (χ2n) is 6.42. The van der Waals surface area contributed by atoms with Gasteiger partial charge in [-0.3, -0.25) is 9.69 Å².